The third-order valence-corrected chi connectivity index (χ3v) is 3.02. The van der Waals surface area contributed by atoms with Crippen LogP contribution in [-0.2, 0) is 0 Å². The van der Waals surface area contributed by atoms with E-state index in [1.807, 2.05) is 0 Å². The van der Waals surface area contributed by atoms with Crippen LogP contribution in [0.2, 0.25) is 0 Å². The third-order valence-electron chi connectivity index (χ3n) is 3.02. The van der Waals surface area contributed by atoms with E-state index in [4.69, 9.17) is 10.4 Å². The predicted octanol–water partition coefficient (Wildman–Crippen LogP) is 1.52. The van der Waals surface area contributed by atoms with Gasteiger partial charge in [-0.25, -0.2) is 0 Å². The zero-order valence-electron chi connectivity index (χ0n) is 9.40. The summed E-state index contributed by atoms with van der Waals surface area (Å²) < 4.78 is 0. The van der Waals surface area contributed by atoms with Gasteiger partial charge in [-0.1, -0.05) is 12.1 Å². The monoisotopic (exact) mass is 259 g/mol. The summed E-state index contributed by atoms with van der Waals surface area (Å²) >= 11 is 0. The number of rotatable bonds is 1. The van der Waals surface area contributed by atoms with Crippen LogP contribution in [0.5, 0.6) is 0 Å². The Kier molecular flexibility index (Phi) is 2.29. The van der Waals surface area contributed by atoms with E-state index < -0.39 is 11.8 Å². The number of hydrogen-bond donors (Lipinski definition) is 2. The molecule has 0 bridgehead atoms. The summed E-state index contributed by atoms with van der Waals surface area (Å²) in [7, 11) is 0. The van der Waals surface area contributed by atoms with Crippen molar-refractivity contribution in [2.45, 2.75) is 0 Å². The highest BCUT2D eigenvalue weighted by Gasteiger charge is 2.28. The lowest BCUT2D eigenvalue weighted by atomic mass is 9.94. The highest BCUT2D eigenvalue weighted by atomic mass is 16.8. The van der Waals surface area contributed by atoms with Gasteiger partial charge in [0.15, 0.2) is 0 Å². The Hall–Kier alpha value is -2.48. The first-order valence-corrected chi connectivity index (χ1v) is 5.31. The summed E-state index contributed by atoms with van der Waals surface area (Å²) in [5.41, 5.74) is 0.0117. The molecule has 1 aliphatic rings. The zero-order valence-corrected chi connectivity index (χ0v) is 9.40. The van der Waals surface area contributed by atoms with Crippen LogP contribution in [0.25, 0.3) is 10.8 Å². The molecule has 0 unspecified atom stereocenters. The van der Waals surface area contributed by atoms with E-state index >= 15 is 0 Å². The van der Waals surface area contributed by atoms with Gasteiger partial charge in [-0.3, -0.25) is 20.0 Å². The molecule has 0 saturated carbocycles. The van der Waals surface area contributed by atoms with Gasteiger partial charge >= 0.3 is 0 Å². The molecule has 0 atom stereocenters. The SMILES string of the molecule is O=C1c2cccc3cc(N(O)O)cc(c23)C(=O)N1[O-]. The molecule has 3 rings (SSSR count). The maximum atomic E-state index is 11.8. The standard InChI is InChI=1S/C12H7N2O5/c15-11-8-3-1-2-6-4-7(14(18)19)5-9(10(6)8)12(16)13(11)17/h1-5,18-19H/q-1. The average Bonchev–Trinajstić information content (AvgIpc) is 2.41. The van der Waals surface area contributed by atoms with Crippen LogP contribution in [0.3, 0.4) is 0 Å². The smallest absolute Gasteiger partial charge is 0.250 e. The van der Waals surface area contributed by atoms with Crippen LogP contribution < -0.4 is 5.23 Å². The Morgan fingerprint density at radius 2 is 1.74 bits per heavy atom. The second-order valence-corrected chi connectivity index (χ2v) is 4.09. The number of amides is 2. The molecule has 0 radical (unpaired) electrons. The summed E-state index contributed by atoms with van der Waals surface area (Å²) in [6.07, 6.45) is 0. The first-order chi connectivity index (χ1) is 9.00. The maximum Gasteiger partial charge on any atom is 0.250 e. The lowest BCUT2D eigenvalue weighted by molar-refractivity contribution is 0.0292. The van der Waals surface area contributed by atoms with E-state index in [0.717, 1.165) is 6.07 Å². The van der Waals surface area contributed by atoms with E-state index in [0.29, 0.717) is 10.8 Å². The van der Waals surface area contributed by atoms with E-state index in [1.165, 1.54) is 12.1 Å². The molecule has 7 heteroatoms. The van der Waals surface area contributed by atoms with Crippen molar-refractivity contribution in [2.24, 2.45) is 0 Å². The summed E-state index contributed by atoms with van der Waals surface area (Å²) in [6, 6.07) is 7.14. The zero-order chi connectivity index (χ0) is 13.7. The molecule has 0 saturated heterocycles. The number of imide groups is 1. The topological polar surface area (TPSA) is 104 Å². The first kappa shape index (κ1) is 11.6. The number of nitrogens with zero attached hydrogens (tertiary/aromatic N) is 2. The van der Waals surface area contributed by atoms with Gasteiger partial charge in [0.05, 0.1) is 11.3 Å². The van der Waals surface area contributed by atoms with Crippen molar-refractivity contribution >= 4 is 28.3 Å². The molecular weight excluding hydrogens is 252 g/mol. The number of benzene rings is 2. The summed E-state index contributed by atoms with van der Waals surface area (Å²) in [6.45, 7) is 0. The minimum absolute atomic E-state index is 0.0363. The van der Waals surface area contributed by atoms with Gasteiger partial charge in [0, 0.05) is 10.9 Å². The van der Waals surface area contributed by atoms with Crippen molar-refractivity contribution in [3.05, 3.63) is 46.7 Å². The molecule has 0 aromatic heterocycles. The fraction of sp³-hybridized carbons (Fsp3) is 0. The second kappa shape index (κ2) is 3.75. The number of carbonyl (C=O) groups is 2. The molecular formula is C12H7N2O5-. The number of anilines is 1. The van der Waals surface area contributed by atoms with Gasteiger partial charge in [-0.05, 0) is 23.6 Å². The van der Waals surface area contributed by atoms with Gasteiger partial charge < -0.3 is 10.3 Å². The van der Waals surface area contributed by atoms with Crippen molar-refractivity contribution in [2.75, 3.05) is 5.23 Å². The van der Waals surface area contributed by atoms with Crippen molar-refractivity contribution in [1.82, 2.24) is 5.06 Å². The Bertz CT molecular complexity index is 725. The largest absolute Gasteiger partial charge is 0.749 e. The Morgan fingerprint density at radius 3 is 2.42 bits per heavy atom. The molecule has 0 aliphatic carbocycles. The highest BCUT2D eigenvalue weighted by molar-refractivity contribution is 6.26. The summed E-state index contributed by atoms with van der Waals surface area (Å²) in [5.74, 6) is -1.93. The van der Waals surface area contributed by atoms with Crippen LogP contribution in [0.1, 0.15) is 20.7 Å². The average molecular weight is 259 g/mol. The molecule has 0 fully saturated rings. The lowest BCUT2D eigenvalue weighted by Gasteiger charge is -2.31. The minimum atomic E-state index is -1.02. The van der Waals surface area contributed by atoms with Crippen LogP contribution in [0, 0.1) is 5.21 Å². The van der Waals surface area contributed by atoms with Gasteiger partial charge in [-0.15, -0.1) is 5.23 Å². The fourth-order valence-corrected chi connectivity index (χ4v) is 2.19. The van der Waals surface area contributed by atoms with E-state index in [-0.39, 0.29) is 27.1 Å². The highest BCUT2D eigenvalue weighted by Crippen LogP contribution is 2.32. The molecule has 2 amide bonds. The number of hydroxylamine groups is 2. The molecule has 96 valence electrons. The Balaban J connectivity index is 2.44. The van der Waals surface area contributed by atoms with Crippen LogP contribution in [-0.4, -0.2) is 27.3 Å². The van der Waals surface area contributed by atoms with Gasteiger partial charge in [0.25, 0.3) is 11.8 Å². The molecule has 2 aromatic rings. The van der Waals surface area contributed by atoms with E-state index in [1.54, 1.807) is 12.1 Å². The van der Waals surface area contributed by atoms with Gasteiger partial charge in [0.2, 0.25) is 0 Å². The molecule has 2 N–H and O–H groups in total. The van der Waals surface area contributed by atoms with Gasteiger partial charge in [0.1, 0.15) is 0 Å². The summed E-state index contributed by atoms with van der Waals surface area (Å²) in [4.78, 5) is 23.5. The van der Waals surface area contributed by atoms with Crippen molar-refractivity contribution in [1.29, 1.82) is 0 Å². The van der Waals surface area contributed by atoms with Crippen molar-refractivity contribution < 1.29 is 20.0 Å². The number of carbonyl (C=O) groups excluding carboxylic acids is 2. The first-order valence-electron chi connectivity index (χ1n) is 5.31. The van der Waals surface area contributed by atoms with Crippen molar-refractivity contribution in [3.8, 4) is 0 Å². The molecule has 19 heavy (non-hydrogen) atoms. The Morgan fingerprint density at radius 1 is 1.05 bits per heavy atom. The normalized spacial score (nSPS) is 14.2. The van der Waals surface area contributed by atoms with Gasteiger partial charge in [-0.2, -0.15) is 0 Å². The lowest BCUT2D eigenvalue weighted by Crippen LogP contribution is -2.35. The molecule has 1 aliphatic heterocycles. The van der Waals surface area contributed by atoms with Crippen LogP contribution in [0.15, 0.2) is 30.3 Å². The minimum Gasteiger partial charge on any atom is -0.749 e. The third kappa shape index (κ3) is 1.50. The van der Waals surface area contributed by atoms with Crippen LogP contribution >= 0.6 is 0 Å². The molecule has 0 spiro atoms. The number of hydrogen-bond acceptors (Lipinski definition) is 6. The molecule has 7 nitrogen and oxygen atoms in total. The van der Waals surface area contributed by atoms with Crippen LogP contribution in [0.4, 0.5) is 5.69 Å². The quantitative estimate of drug-likeness (QED) is 0.594. The maximum absolute atomic E-state index is 11.8. The fourth-order valence-electron chi connectivity index (χ4n) is 2.19. The second-order valence-electron chi connectivity index (χ2n) is 4.09. The van der Waals surface area contributed by atoms with E-state index in [2.05, 4.69) is 0 Å². The van der Waals surface area contributed by atoms with E-state index in [9.17, 15) is 14.8 Å². The predicted molar refractivity (Wildman–Crippen MR) is 63.9 cm³/mol. The molecule has 1 heterocycles. The van der Waals surface area contributed by atoms with Crippen molar-refractivity contribution in [3.63, 3.8) is 0 Å². The summed E-state index contributed by atoms with van der Waals surface area (Å²) in [5, 5.41) is 29.9. The molecule has 2 aromatic carbocycles. The Labute approximate surface area is 106 Å².